The molecule has 8 nitrogen and oxygen atoms in total. The minimum absolute atomic E-state index is 0.0235. The zero-order valence-corrected chi connectivity index (χ0v) is 11.9. The van der Waals surface area contributed by atoms with Crippen molar-refractivity contribution in [3.8, 4) is 0 Å². The molecule has 1 N–H and O–H groups in total. The first-order valence-electron chi connectivity index (χ1n) is 6.55. The van der Waals surface area contributed by atoms with Crippen molar-refractivity contribution < 1.29 is 19.6 Å². The second kappa shape index (κ2) is 5.65. The van der Waals surface area contributed by atoms with Crippen molar-refractivity contribution in [3.63, 3.8) is 0 Å². The van der Waals surface area contributed by atoms with Crippen LogP contribution in [-0.4, -0.2) is 46.8 Å². The Morgan fingerprint density at radius 3 is 2.62 bits per heavy atom. The van der Waals surface area contributed by atoms with E-state index in [9.17, 15) is 20.0 Å². The monoisotopic (exact) mass is 295 g/mol. The molecule has 0 atom stereocenters. The number of nitro groups is 1. The first-order chi connectivity index (χ1) is 9.84. The predicted molar refractivity (Wildman–Crippen MR) is 74.3 cm³/mol. The summed E-state index contributed by atoms with van der Waals surface area (Å²) in [7, 11) is 1.23. The highest BCUT2D eigenvalue weighted by molar-refractivity contribution is 5.88. The highest BCUT2D eigenvalue weighted by atomic mass is 16.6. The summed E-state index contributed by atoms with van der Waals surface area (Å²) in [5, 5.41) is 21.1. The molecule has 0 saturated carbocycles. The highest BCUT2D eigenvalue weighted by Crippen LogP contribution is 2.31. The molecule has 1 fully saturated rings. The maximum absolute atomic E-state index is 11.5. The number of nitrogens with zero attached hydrogens (tertiary/aromatic N) is 3. The lowest BCUT2D eigenvalue weighted by atomic mass is 9.94. The van der Waals surface area contributed by atoms with Gasteiger partial charge >= 0.3 is 11.7 Å². The molecule has 0 amide bonds. The molecule has 0 spiro atoms. The summed E-state index contributed by atoms with van der Waals surface area (Å²) in [6.45, 7) is 2.61. The maximum atomic E-state index is 11.5. The average Bonchev–Trinajstić information content (AvgIpc) is 2.45. The second-order valence-corrected chi connectivity index (χ2v) is 5.27. The number of aliphatic hydroxyl groups is 1. The van der Waals surface area contributed by atoms with Crippen LogP contribution in [0.2, 0.25) is 0 Å². The molecular formula is C13H17N3O5. The SMILES string of the molecule is COC(=O)c1ccc([N+](=O)[O-])c(N2CCC(C)(O)CC2)n1. The number of aromatic nitrogens is 1. The molecule has 1 aliphatic heterocycles. The molecule has 1 aliphatic rings. The van der Waals surface area contributed by atoms with Crippen molar-refractivity contribution in [3.05, 3.63) is 27.9 Å². The molecule has 0 aliphatic carbocycles. The molecule has 1 aromatic rings. The summed E-state index contributed by atoms with van der Waals surface area (Å²) in [5.74, 6) is -0.506. The van der Waals surface area contributed by atoms with Gasteiger partial charge in [0.1, 0.15) is 0 Å². The fourth-order valence-corrected chi connectivity index (χ4v) is 2.23. The molecule has 2 rings (SSSR count). The zero-order chi connectivity index (χ0) is 15.6. The molecule has 0 bridgehead atoms. The van der Waals surface area contributed by atoms with Gasteiger partial charge in [0.25, 0.3) is 0 Å². The van der Waals surface area contributed by atoms with E-state index in [1.807, 2.05) is 0 Å². The molecular weight excluding hydrogens is 278 g/mol. The first-order valence-corrected chi connectivity index (χ1v) is 6.55. The minimum atomic E-state index is -0.773. The molecule has 8 heteroatoms. The number of pyridine rings is 1. The Labute approximate surface area is 121 Å². The number of carbonyl (C=O) groups is 1. The fraction of sp³-hybridized carbons (Fsp3) is 0.538. The molecule has 0 aromatic carbocycles. The lowest BCUT2D eigenvalue weighted by Gasteiger charge is -2.36. The van der Waals surface area contributed by atoms with E-state index in [2.05, 4.69) is 9.72 Å². The van der Waals surface area contributed by atoms with Crippen LogP contribution in [0.4, 0.5) is 11.5 Å². The summed E-state index contributed by atoms with van der Waals surface area (Å²) in [6.07, 6.45) is 0.961. The quantitative estimate of drug-likeness (QED) is 0.506. The Balaban J connectivity index is 2.35. The van der Waals surface area contributed by atoms with Gasteiger partial charge in [0, 0.05) is 19.2 Å². The lowest BCUT2D eigenvalue weighted by Crippen LogP contribution is -2.43. The van der Waals surface area contributed by atoms with Crippen LogP contribution in [0.25, 0.3) is 0 Å². The highest BCUT2D eigenvalue weighted by Gasteiger charge is 2.31. The first kappa shape index (κ1) is 15.2. The number of carbonyl (C=O) groups excluding carboxylic acids is 1. The normalized spacial score (nSPS) is 17.4. The van der Waals surface area contributed by atoms with E-state index in [0.29, 0.717) is 25.9 Å². The summed E-state index contributed by atoms with van der Waals surface area (Å²) < 4.78 is 4.58. The second-order valence-electron chi connectivity index (χ2n) is 5.27. The number of methoxy groups -OCH3 is 1. The predicted octanol–water partition coefficient (Wildman–Crippen LogP) is 1.13. The summed E-state index contributed by atoms with van der Waals surface area (Å²) in [5.41, 5.74) is -0.912. The number of piperidine rings is 1. The lowest BCUT2D eigenvalue weighted by molar-refractivity contribution is -0.384. The van der Waals surface area contributed by atoms with Gasteiger partial charge in [-0.05, 0) is 25.8 Å². The zero-order valence-electron chi connectivity index (χ0n) is 11.9. The van der Waals surface area contributed by atoms with Crippen LogP contribution in [0.3, 0.4) is 0 Å². The number of hydrogen-bond donors (Lipinski definition) is 1. The van der Waals surface area contributed by atoms with Crippen molar-refractivity contribution in [2.75, 3.05) is 25.1 Å². The largest absolute Gasteiger partial charge is 0.464 e. The number of hydrogen-bond acceptors (Lipinski definition) is 7. The Bertz CT molecular complexity index is 563. The van der Waals surface area contributed by atoms with Crippen LogP contribution in [0.5, 0.6) is 0 Å². The van der Waals surface area contributed by atoms with E-state index < -0.39 is 16.5 Å². The Kier molecular flexibility index (Phi) is 4.08. The summed E-state index contributed by atoms with van der Waals surface area (Å²) in [4.78, 5) is 27.9. The number of rotatable bonds is 3. The van der Waals surface area contributed by atoms with Crippen LogP contribution in [0.1, 0.15) is 30.3 Å². The molecule has 114 valence electrons. The van der Waals surface area contributed by atoms with Crippen molar-refractivity contribution >= 4 is 17.5 Å². The van der Waals surface area contributed by atoms with Gasteiger partial charge < -0.3 is 14.7 Å². The Morgan fingerprint density at radius 2 is 2.10 bits per heavy atom. The molecule has 0 radical (unpaired) electrons. The van der Waals surface area contributed by atoms with E-state index >= 15 is 0 Å². The number of esters is 1. The van der Waals surface area contributed by atoms with Gasteiger partial charge in [-0.3, -0.25) is 10.1 Å². The van der Waals surface area contributed by atoms with Crippen LogP contribution < -0.4 is 4.90 Å². The minimum Gasteiger partial charge on any atom is -0.464 e. The molecule has 1 aromatic heterocycles. The van der Waals surface area contributed by atoms with Gasteiger partial charge in [-0.25, -0.2) is 9.78 Å². The van der Waals surface area contributed by atoms with E-state index in [-0.39, 0.29) is 17.2 Å². The van der Waals surface area contributed by atoms with Crippen molar-refractivity contribution in [2.24, 2.45) is 0 Å². The van der Waals surface area contributed by atoms with E-state index in [4.69, 9.17) is 0 Å². The Hall–Kier alpha value is -2.22. The molecule has 0 unspecified atom stereocenters. The van der Waals surface area contributed by atoms with Crippen LogP contribution in [0.15, 0.2) is 12.1 Å². The van der Waals surface area contributed by atoms with Gasteiger partial charge in [0.05, 0.1) is 17.6 Å². The fourth-order valence-electron chi connectivity index (χ4n) is 2.23. The Morgan fingerprint density at radius 1 is 1.48 bits per heavy atom. The number of ether oxygens (including phenoxy) is 1. The average molecular weight is 295 g/mol. The topological polar surface area (TPSA) is 106 Å². The third-order valence-corrected chi connectivity index (χ3v) is 3.59. The maximum Gasteiger partial charge on any atom is 0.356 e. The van der Waals surface area contributed by atoms with Crippen molar-refractivity contribution in [1.82, 2.24) is 4.98 Å². The van der Waals surface area contributed by atoms with Gasteiger partial charge in [0.2, 0.25) is 5.82 Å². The third-order valence-electron chi connectivity index (χ3n) is 3.59. The molecule has 21 heavy (non-hydrogen) atoms. The summed E-state index contributed by atoms with van der Waals surface area (Å²) >= 11 is 0. The van der Waals surface area contributed by atoms with Gasteiger partial charge in [0.15, 0.2) is 5.69 Å². The van der Waals surface area contributed by atoms with E-state index in [0.717, 1.165) is 0 Å². The number of anilines is 1. The molecule has 2 heterocycles. The van der Waals surface area contributed by atoms with Gasteiger partial charge in [-0.15, -0.1) is 0 Å². The third kappa shape index (κ3) is 3.27. The van der Waals surface area contributed by atoms with Gasteiger partial charge in [-0.2, -0.15) is 0 Å². The van der Waals surface area contributed by atoms with Crippen LogP contribution in [0, 0.1) is 10.1 Å². The van der Waals surface area contributed by atoms with Crippen LogP contribution >= 0.6 is 0 Å². The smallest absolute Gasteiger partial charge is 0.356 e. The van der Waals surface area contributed by atoms with E-state index in [1.165, 1.54) is 19.2 Å². The van der Waals surface area contributed by atoms with E-state index in [1.54, 1.807) is 11.8 Å². The van der Waals surface area contributed by atoms with Crippen molar-refractivity contribution in [2.45, 2.75) is 25.4 Å². The van der Waals surface area contributed by atoms with Gasteiger partial charge in [-0.1, -0.05) is 0 Å². The standard InChI is InChI=1S/C13H17N3O5/c1-13(18)5-7-15(8-6-13)11-10(16(19)20)4-3-9(14-11)12(17)21-2/h3-4,18H,5-8H2,1-2H3. The van der Waals surface area contributed by atoms with Crippen molar-refractivity contribution in [1.29, 1.82) is 0 Å². The molecule has 1 saturated heterocycles. The van der Waals surface area contributed by atoms with Crippen LogP contribution in [-0.2, 0) is 4.74 Å². The summed E-state index contributed by atoms with van der Waals surface area (Å²) in [6, 6.07) is 2.52.